The summed E-state index contributed by atoms with van der Waals surface area (Å²) in [4.78, 5) is 11.8. The fraction of sp³-hybridized carbons (Fsp3) is 0.389. The summed E-state index contributed by atoms with van der Waals surface area (Å²) in [7, 11) is 1.95. The van der Waals surface area contributed by atoms with Gasteiger partial charge in [-0.05, 0) is 24.8 Å². The molecule has 0 saturated carbocycles. The van der Waals surface area contributed by atoms with Crippen molar-refractivity contribution in [3.8, 4) is 11.3 Å². The Kier molecular flexibility index (Phi) is 3.70. The van der Waals surface area contributed by atoms with Crippen molar-refractivity contribution in [1.29, 1.82) is 0 Å². The molecule has 0 aliphatic heterocycles. The van der Waals surface area contributed by atoms with E-state index in [1.165, 1.54) is 5.56 Å². The van der Waals surface area contributed by atoms with Gasteiger partial charge in [-0.3, -0.25) is 4.79 Å². The molecule has 0 radical (unpaired) electrons. The van der Waals surface area contributed by atoms with Gasteiger partial charge in [0, 0.05) is 18.3 Å². The Labute approximate surface area is 126 Å². The monoisotopic (exact) mass is 284 g/mol. The van der Waals surface area contributed by atoms with Gasteiger partial charge in [-0.15, -0.1) is 0 Å². The van der Waals surface area contributed by atoms with Gasteiger partial charge in [-0.25, -0.2) is 0 Å². The topological polar surface area (TPSA) is 48.0 Å². The number of aromatic nitrogens is 1. The average molecular weight is 284 g/mol. The summed E-state index contributed by atoms with van der Waals surface area (Å²) in [5.41, 5.74) is 11.7. The molecule has 0 aliphatic rings. The molecular weight excluding hydrogens is 260 g/mol. The molecule has 2 N–H and O–H groups in total. The van der Waals surface area contributed by atoms with E-state index in [1.807, 2.05) is 18.5 Å². The number of Topliss-reactive ketones (excluding diaryl/α,β-unsaturated/α-hetero) is 1. The smallest absolute Gasteiger partial charge is 0.163 e. The number of anilines is 1. The summed E-state index contributed by atoms with van der Waals surface area (Å²) in [6.45, 7) is 10.1. The first-order valence-corrected chi connectivity index (χ1v) is 7.21. The minimum absolute atomic E-state index is 0.0122. The minimum Gasteiger partial charge on any atom is -0.396 e. The molecule has 2 rings (SSSR count). The van der Waals surface area contributed by atoms with Gasteiger partial charge in [0.2, 0.25) is 0 Å². The lowest BCUT2D eigenvalue weighted by Crippen LogP contribution is -2.10. The van der Waals surface area contributed by atoms with Crippen molar-refractivity contribution in [1.82, 2.24) is 4.57 Å². The maximum Gasteiger partial charge on any atom is 0.163 e. The van der Waals surface area contributed by atoms with E-state index < -0.39 is 0 Å². The lowest BCUT2D eigenvalue weighted by molar-refractivity contribution is 0.101. The highest BCUT2D eigenvalue weighted by molar-refractivity contribution is 6.04. The molecule has 3 heteroatoms. The summed E-state index contributed by atoms with van der Waals surface area (Å²) in [6, 6.07) is 8.42. The van der Waals surface area contributed by atoms with Crippen molar-refractivity contribution in [3.63, 3.8) is 0 Å². The summed E-state index contributed by atoms with van der Waals surface area (Å²) in [6.07, 6.45) is 0. The van der Waals surface area contributed by atoms with E-state index in [-0.39, 0.29) is 11.2 Å². The highest BCUT2D eigenvalue weighted by atomic mass is 16.1. The first-order valence-electron chi connectivity index (χ1n) is 7.21. The van der Waals surface area contributed by atoms with Gasteiger partial charge in [0.25, 0.3) is 0 Å². The fourth-order valence-electron chi connectivity index (χ4n) is 2.75. The largest absolute Gasteiger partial charge is 0.396 e. The SMILES string of the molecule is CC(=O)c1c(N)c(-c2ccc(C(C)(C)C)cc2)n(C)c1C. The molecule has 0 aliphatic carbocycles. The molecule has 1 heterocycles. The van der Waals surface area contributed by atoms with Crippen molar-refractivity contribution in [2.45, 2.75) is 40.0 Å². The maximum absolute atomic E-state index is 11.8. The van der Waals surface area contributed by atoms with E-state index in [4.69, 9.17) is 5.73 Å². The van der Waals surface area contributed by atoms with Crippen LogP contribution in [0.2, 0.25) is 0 Å². The Morgan fingerprint density at radius 2 is 1.67 bits per heavy atom. The number of nitrogens with two attached hydrogens (primary N) is 1. The van der Waals surface area contributed by atoms with Crippen LogP contribution in [0.25, 0.3) is 11.3 Å². The maximum atomic E-state index is 11.8. The fourth-order valence-corrected chi connectivity index (χ4v) is 2.75. The van der Waals surface area contributed by atoms with E-state index in [2.05, 4.69) is 45.0 Å². The second-order valence-electron chi connectivity index (χ2n) is 6.67. The second kappa shape index (κ2) is 5.06. The normalized spacial score (nSPS) is 11.7. The van der Waals surface area contributed by atoms with Crippen LogP contribution in [0.5, 0.6) is 0 Å². The number of carbonyl (C=O) groups excluding carboxylic acids is 1. The number of nitrogens with zero attached hydrogens (tertiary/aromatic N) is 1. The zero-order chi connectivity index (χ0) is 15.9. The molecule has 2 aromatic rings. The van der Waals surface area contributed by atoms with Crippen LogP contribution in [0.1, 0.15) is 49.3 Å². The molecule has 0 bridgehead atoms. The standard InChI is InChI=1S/C18H24N2O/c1-11-15(12(2)21)16(19)17(20(11)6)13-7-9-14(10-8-13)18(3,4)5/h7-10H,19H2,1-6H3. The third-order valence-corrected chi connectivity index (χ3v) is 4.10. The van der Waals surface area contributed by atoms with Crippen molar-refractivity contribution >= 4 is 11.5 Å². The van der Waals surface area contributed by atoms with Crippen LogP contribution >= 0.6 is 0 Å². The number of ketones is 1. The van der Waals surface area contributed by atoms with Crippen molar-refractivity contribution in [2.24, 2.45) is 7.05 Å². The lowest BCUT2D eigenvalue weighted by atomic mass is 9.86. The molecule has 112 valence electrons. The van der Waals surface area contributed by atoms with Crippen LogP contribution in [0.15, 0.2) is 24.3 Å². The Hall–Kier alpha value is -2.03. The number of hydrogen-bond donors (Lipinski definition) is 1. The molecule has 0 unspecified atom stereocenters. The highest BCUT2D eigenvalue weighted by Gasteiger charge is 2.21. The van der Waals surface area contributed by atoms with Gasteiger partial charge in [0.05, 0.1) is 16.9 Å². The van der Waals surface area contributed by atoms with Crippen LogP contribution in [-0.2, 0) is 12.5 Å². The van der Waals surface area contributed by atoms with E-state index in [0.717, 1.165) is 17.0 Å². The van der Waals surface area contributed by atoms with Gasteiger partial charge in [0.15, 0.2) is 5.78 Å². The Morgan fingerprint density at radius 3 is 2.05 bits per heavy atom. The molecular formula is C18H24N2O. The van der Waals surface area contributed by atoms with Gasteiger partial charge in [0.1, 0.15) is 0 Å². The molecule has 0 saturated heterocycles. The van der Waals surface area contributed by atoms with E-state index >= 15 is 0 Å². The predicted octanol–water partition coefficient (Wildman–Crippen LogP) is 4.08. The van der Waals surface area contributed by atoms with Crippen LogP contribution < -0.4 is 5.73 Å². The van der Waals surface area contributed by atoms with Crippen LogP contribution in [-0.4, -0.2) is 10.4 Å². The molecule has 21 heavy (non-hydrogen) atoms. The summed E-state index contributed by atoms with van der Waals surface area (Å²) in [5, 5.41) is 0. The lowest BCUT2D eigenvalue weighted by Gasteiger charge is -2.19. The summed E-state index contributed by atoms with van der Waals surface area (Å²) >= 11 is 0. The number of hydrogen-bond acceptors (Lipinski definition) is 2. The zero-order valence-electron chi connectivity index (χ0n) is 13.7. The molecule has 0 atom stereocenters. The predicted molar refractivity (Wildman–Crippen MR) is 88.7 cm³/mol. The Morgan fingerprint density at radius 1 is 1.14 bits per heavy atom. The third kappa shape index (κ3) is 2.60. The van der Waals surface area contributed by atoms with Crippen molar-refractivity contribution in [2.75, 3.05) is 5.73 Å². The quantitative estimate of drug-likeness (QED) is 0.845. The summed E-state index contributed by atoms with van der Waals surface area (Å²) < 4.78 is 2.00. The Bertz CT molecular complexity index is 685. The van der Waals surface area contributed by atoms with Gasteiger partial charge in [-0.1, -0.05) is 45.0 Å². The van der Waals surface area contributed by atoms with Crippen molar-refractivity contribution in [3.05, 3.63) is 41.1 Å². The van der Waals surface area contributed by atoms with Gasteiger partial charge in [-0.2, -0.15) is 0 Å². The van der Waals surface area contributed by atoms with E-state index in [9.17, 15) is 4.79 Å². The number of rotatable bonds is 2. The molecule has 0 fully saturated rings. The van der Waals surface area contributed by atoms with Gasteiger partial charge < -0.3 is 10.3 Å². The van der Waals surface area contributed by atoms with Crippen molar-refractivity contribution < 1.29 is 4.79 Å². The number of benzene rings is 1. The molecule has 0 spiro atoms. The second-order valence-corrected chi connectivity index (χ2v) is 6.67. The third-order valence-electron chi connectivity index (χ3n) is 4.10. The average Bonchev–Trinajstić information content (AvgIpc) is 2.59. The first-order chi connectivity index (χ1) is 9.64. The number of carbonyl (C=O) groups is 1. The van der Waals surface area contributed by atoms with Gasteiger partial charge >= 0.3 is 0 Å². The molecule has 1 aromatic heterocycles. The van der Waals surface area contributed by atoms with Crippen LogP contribution in [0.4, 0.5) is 5.69 Å². The van der Waals surface area contributed by atoms with E-state index in [0.29, 0.717) is 11.3 Å². The highest BCUT2D eigenvalue weighted by Crippen LogP contribution is 2.34. The first kappa shape index (κ1) is 15.4. The molecule has 0 amide bonds. The van der Waals surface area contributed by atoms with E-state index in [1.54, 1.807) is 6.92 Å². The minimum atomic E-state index is 0.0122. The van der Waals surface area contributed by atoms with Crippen LogP contribution in [0.3, 0.4) is 0 Å². The zero-order valence-corrected chi connectivity index (χ0v) is 13.7. The Balaban J connectivity index is 2.58. The molecule has 3 nitrogen and oxygen atoms in total. The number of nitrogen functional groups attached to an aromatic ring is 1. The van der Waals surface area contributed by atoms with Crippen LogP contribution in [0, 0.1) is 6.92 Å². The summed E-state index contributed by atoms with van der Waals surface area (Å²) in [5.74, 6) is 0.0122. The molecule has 1 aromatic carbocycles.